The highest BCUT2D eigenvalue weighted by molar-refractivity contribution is 5.98. The summed E-state index contributed by atoms with van der Waals surface area (Å²) in [4.78, 5) is 0. The molecule has 0 heterocycles. The van der Waals surface area contributed by atoms with Gasteiger partial charge in [-0.05, 0) is 24.7 Å². The van der Waals surface area contributed by atoms with E-state index in [1.165, 1.54) is 6.42 Å². The molecule has 0 bridgehead atoms. The molecule has 0 aromatic carbocycles. The Bertz CT molecular complexity index is 107. The Morgan fingerprint density at radius 3 is 2.00 bits per heavy atom. The van der Waals surface area contributed by atoms with Gasteiger partial charge in [-0.2, -0.15) is 0 Å². The average Bonchev–Trinajstić information content (AvgIpc) is 1.82. The standard InChI is InChI=1S/C9H22OSi/c1-7(8(2)10-11)6-9(3,4)5/h7-8H,6H2,1-5,11H3. The van der Waals surface area contributed by atoms with Crippen LogP contribution in [-0.2, 0) is 4.43 Å². The molecular weight excluding hydrogens is 152 g/mol. The van der Waals surface area contributed by atoms with Crippen LogP contribution < -0.4 is 0 Å². The summed E-state index contributed by atoms with van der Waals surface area (Å²) in [5.74, 6) is 0.687. The van der Waals surface area contributed by atoms with Crippen LogP contribution in [0, 0.1) is 11.3 Å². The summed E-state index contributed by atoms with van der Waals surface area (Å²) in [5.41, 5.74) is 0.438. The van der Waals surface area contributed by atoms with Crippen LogP contribution in [0.5, 0.6) is 0 Å². The van der Waals surface area contributed by atoms with E-state index in [0.29, 0.717) is 17.4 Å². The van der Waals surface area contributed by atoms with Crippen molar-refractivity contribution in [1.82, 2.24) is 0 Å². The molecule has 0 aliphatic heterocycles. The molecule has 0 aliphatic rings. The molecule has 2 heteroatoms. The van der Waals surface area contributed by atoms with E-state index in [0.717, 1.165) is 10.5 Å². The van der Waals surface area contributed by atoms with Gasteiger partial charge in [0, 0.05) is 6.10 Å². The zero-order chi connectivity index (χ0) is 9.07. The fraction of sp³-hybridized carbons (Fsp3) is 1.00. The molecule has 0 spiro atoms. The van der Waals surface area contributed by atoms with E-state index >= 15 is 0 Å². The van der Waals surface area contributed by atoms with Crippen LogP contribution in [0.1, 0.15) is 41.0 Å². The van der Waals surface area contributed by atoms with E-state index in [2.05, 4.69) is 34.6 Å². The Kier molecular flexibility index (Phi) is 4.33. The Hall–Kier alpha value is 0.177. The van der Waals surface area contributed by atoms with Gasteiger partial charge in [0.25, 0.3) is 0 Å². The Labute approximate surface area is 74.1 Å². The number of hydrogen-bond donors (Lipinski definition) is 0. The second-order valence-electron chi connectivity index (χ2n) is 4.68. The third-order valence-electron chi connectivity index (χ3n) is 2.11. The summed E-state index contributed by atoms with van der Waals surface area (Å²) < 4.78 is 5.40. The van der Waals surface area contributed by atoms with Crippen LogP contribution in [0.2, 0.25) is 0 Å². The van der Waals surface area contributed by atoms with Crippen LogP contribution in [0.25, 0.3) is 0 Å². The summed E-state index contributed by atoms with van der Waals surface area (Å²) in [6, 6.07) is 0. The summed E-state index contributed by atoms with van der Waals surface area (Å²) >= 11 is 0. The second kappa shape index (κ2) is 4.26. The lowest BCUT2D eigenvalue weighted by Crippen LogP contribution is -2.22. The molecule has 11 heavy (non-hydrogen) atoms. The summed E-state index contributed by atoms with van der Waals surface area (Å²) in [5, 5.41) is 0. The predicted octanol–water partition coefficient (Wildman–Crippen LogP) is 1.74. The zero-order valence-corrected chi connectivity index (χ0v) is 10.8. The maximum atomic E-state index is 5.40. The van der Waals surface area contributed by atoms with E-state index < -0.39 is 0 Å². The molecule has 0 saturated heterocycles. The minimum atomic E-state index is 0.438. The first-order valence-electron chi connectivity index (χ1n) is 4.39. The average molecular weight is 174 g/mol. The molecule has 0 rings (SSSR count). The smallest absolute Gasteiger partial charge is 0.146 e. The molecule has 1 nitrogen and oxygen atoms in total. The first-order valence-corrected chi connectivity index (χ1v) is 5.21. The van der Waals surface area contributed by atoms with Crippen LogP contribution in [-0.4, -0.2) is 16.6 Å². The van der Waals surface area contributed by atoms with E-state index in [1.807, 2.05) is 0 Å². The molecule has 0 saturated carbocycles. The molecule has 2 unspecified atom stereocenters. The van der Waals surface area contributed by atoms with E-state index in [1.54, 1.807) is 0 Å². The van der Waals surface area contributed by atoms with Crippen LogP contribution in [0.15, 0.2) is 0 Å². The Balaban J connectivity index is 3.77. The van der Waals surface area contributed by atoms with Gasteiger partial charge in [-0.15, -0.1) is 0 Å². The van der Waals surface area contributed by atoms with Crippen molar-refractivity contribution >= 4 is 10.5 Å². The molecular formula is C9H22OSi. The van der Waals surface area contributed by atoms with Gasteiger partial charge in [0.15, 0.2) is 0 Å². The van der Waals surface area contributed by atoms with Crippen molar-refractivity contribution in [2.45, 2.75) is 47.1 Å². The number of hydrogen-bond acceptors (Lipinski definition) is 1. The topological polar surface area (TPSA) is 9.23 Å². The molecule has 68 valence electrons. The first kappa shape index (κ1) is 11.2. The van der Waals surface area contributed by atoms with Gasteiger partial charge in [-0.3, -0.25) is 0 Å². The summed E-state index contributed by atoms with van der Waals surface area (Å²) in [7, 11) is 0.862. The minimum absolute atomic E-state index is 0.438. The quantitative estimate of drug-likeness (QED) is 0.592. The molecule has 0 radical (unpaired) electrons. The third kappa shape index (κ3) is 5.45. The van der Waals surface area contributed by atoms with E-state index in [9.17, 15) is 0 Å². The molecule has 0 amide bonds. The van der Waals surface area contributed by atoms with Crippen molar-refractivity contribution in [3.8, 4) is 0 Å². The predicted molar refractivity (Wildman–Crippen MR) is 53.7 cm³/mol. The maximum absolute atomic E-state index is 5.40. The summed E-state index contributed by atoms with van der Waals surface area (Å²) in [6.07, 6.45) is 1.69. The Morgan fingerprint density at radius 1 is 1.27 bits per heavy atom. The largest absolute Gasteiger partial charge is 0.425 e. The van der Waals surface area contributed by atoms with Crippen molar-refractivity contribution in [2.75, 3.05) is 0 Å². The van der Waals surface area contributed by atoms with Crippen LogP contribution in [0.4, 0.5) is 0 Å². The zero-order valence-electron chi connectivity index (χ0n) is 8.77. The van der Waals surface area contributed by atoms with Crippen LogP contribution in [0.3, 0.4) is 0 Å². The molecule has 0 N–H and O–H groups in total. The highest BCUT2D eigenvalue weighted by Gasteiger charge is 2.18. The van der Waals surface area contributed by atoms with Gasteiger partial charge in [0.2, 0.25) is 0 Å². The fourth-order valence-corrected chi connectivity index (χ4v) is 1.83. The Morgan fingerprint density at radius 2 is 1.73 bits per heavy atom. The highest BCUT2D eigenvalue weighted by Crippen LogP contribution is 2.26. The van der Waals surface area contributed by atoms with Gasteiger partial charge in [0.05, 0.1) is 0 Å². The second-order valence-corrected chi connectivity index (χ2v) is 5.15. The highest BCUT2D eigenvalue weighted by atomic mass is 28.2. The van der Waals surface area contributed by atoms with Gasteiger partial charge in [-0.1, -0.05) is 27.7 Å². The van der Waals surface area contributed by atoms with Gasteiger partial charge < -0.3 is 4.43 Å². The lowest BCUT2D eigenvalue weighted by Gasteiger charge is -2.27. The van der Waals surface area contributed by atoms with Crippen molar-refractivity contribution in [3.63, 3.8) is 0 Å². The van der Waals surface area contributed by atoms with E-state index in [-0.39, 0.29) is 0 Å². The number of rotatable bonds is 3. The minimum Gasteiger partial charge on any atom is -0.425 e. The molecule has 0 aromatic heterocycles. The molecule has 2 atom stereocenters. The van der Waals surface area contributed by atoms with Crippen molar-refractivity contribution in [1.29, 1.82) is 0 Å². The lowest BCUT2D eigenvalue weighted by atomic mass is 9.83. The third-order valence-corrected chi connectivity index (χ3v) is 2.85. The van der Waals surface area contributed by atoms with Crippen molar-refractivity contribution < 1.29 is 4.43 Å². The lowest BCUT2D eigenvalue weighted by molar-refractivity contribution is 0.139. The van der Waals surface area contributed by atoms with E-state index in [4.69, 9.17) is 4.43 Å². The van der Waals surface area contributed by atoms with Crippen molar-refractivity contribution in [3.05, 3.63) is 0 Å². The first-order chi connectivity index (χ1) is 4.87. The van der Waals surface area contributed by atoms with Crippen LogP contribution >= 0.6 is 0 Å². The SMILES string of the molecule is CC(CC(C)(C)C)C(C)O[SiH3]. The van der Waals surface area contributed by atoms with Gasteiger partial charge in [-0.25, -0.2) is 0 Å². The summed E-state index contributed by atoms with van der Waals surface area (Å²) in [6.45, 7) is 11.3. The van der Waals surface area contributed by atoms with Gasteiger partial charge >= 0.3 is 0 Å². The van der Waals surface area contributed by atoms with Gasteiger partial charge in [0.1, 0.15) is 10.5 Å². The fourth-order valence-electron chi connectivity index (χ4n) is 1.36. The molecule has 0 aliphatic carbocycles. The van der Waals surface area contributed by atoms with Crippen molar-refractivity contribution in [2.24, 2.45) is 11.3 Å². The maximum Gasteiger partial charge on any atom is 0.146 e. The molecule has 0 fully saturated rings. The molecule has 0 aromatic rings. The normalized spacial score (nSPS) is 18.3. The monoisotopic (exact) mass is 174 g/mol.